The lowest BCUT2D eigenvalue weighted by Gasteiger charge is -2.30. The van der Waals surface area contributed by atoms with Crippen molar-refractivity contribution >= 4 is 35.2 Å². The largest absolute Gasteiger partial charge is 0.357 e. The van der Waals surface area contributed by atoms with Crippen LogP contribution in [0.2, 0.25) is 5.02 Å². The fourth-order valence-electron chi connectivity index (χ4n) is 2.80. The number of amides is 2. The van der Waals surface area contributed by atoms with E-state index in [4.69, 9.17) is 11.6 Å². The summed E-state index contributed by atoms with van der Waals surface area (Å²) in [5.41, 5.74) is 1.01. The quantitative estimate of drug-likeness (QED) is 0.631. The van der Waals surface area contributed by atoms with Gasteiger partial charge in [-0.25, -0.2) is 0 Å². The van der Waals surface area contributed by atoms with E-state index < -0.39 is 6.04 Å². The first kappa shape index (κ1) is 21.3. The fraction of sp³-hybridized carbons (Fsp3) is 0.333. The molecule has 27 heavy (non-hydrogen) atoms. The van der Waals surface area contributed by atoms with Crippen LogP contribution in [-0.4, -0.2) is 35.6 Å². The molecule has 1 atom stereocenters. The molecule has 0 aliphatic rings. The van der Waals surface area contributed by atoms with Crippen molar-refractivity contribution in [2.45, 2.75) is 37.2 Å². The van der Waals surface area contributed by atoms with Gasteiger partial charge in [0, 0.05) is 35.7 Å². The number of nitrogens with zero attached hydrogens (tertiary/aromatic N) is 1. The lowest BCUT2D eigenvalue weighted by Crippen LogP contribution is -2.48. The molecule has 144 valence electrons. The smallest absolute Gasteiger partial charge is 0.242 e. The number of hydrogen-bond donors (Lipinski definition) is 1. The predicted octanol–water partition coefficient (Wildman–Crippen LogP) is 4.38. The lowest BCUT2D eigenvalue weighted by molar-refractivity contribution is -0.140. The molecule has 0 radical (unpaired) electrons. The third kappa shape index (κ3) is 6.60. The van der Waals surface area contributed by atoms with Crippen LogP contribution in [0.15, 0.2) is 59.5 Å². The van der Waals surface area contributed by atoms with Gasteiger partial charge in [-0.3, -0.25) is 9.59 Å². The van der Waals surface area contributed by atoms with Gasteiger partial charge in [0.1, 0.15) is 6.04 Å². The van der Waals surface area contributed by atoms with Gasteiger partial charge in [0.25, 0.3) is 0 Å². The second-order valence-corrected chi connectivity index (χ2v) is 7.70. The van der Waals surface area contributed by atoms with Crippen LogP contribution in [0.25, 0.3) is 0 Å². The highest BCUT2D eigenvalue weighted by Crippen LogP contribution is 2.22. The molecule has 2 aromatic carbocycles. The highest BCUT2D eigenvalue weighted by atomic mass is 35.5. The summed E-state index contributed by atoms with van der Waals surface area (Å²) in [6, 6.07) is 16.9. The van der Waals surface area contributed by atoms with E-state index in [-0.39, 0.29) is 11.8 Å². The number of carbonyl (C=O) groups is 2. The molecule has 0 fully saturated rings. The summed E-state index contributed by atoms with van der Waals surface area (Å²) in [5.74, 6) is 0.499. The van der Waals surface area contributed by atoms with Crippen LogP contribution in [0, 0.1) is 0 Å². The Balaban J connectivity index is 2.05. The molecule has 1 unspecified atom stereocenters. The molecule has 0 aliphatic heterocycles. The average molecular weight is 405 g/mol. The Kier molecular flexibility index (Phi) is 8.69. The maximum absolute atomic E-state index is 12.9. The van der Waals surface area contributed by atoms with Gasteiger partial charge < -0.3 is 10.2 Å². The minimum atomic E-state index is -0.469. The van der Waals surface area contributed by atoms with Crippen molar-refractivity contribution in [3.63, 3.8) is 0 Å². The zero-order chi connectivity index (χ0) is 19.6. The summed E-state index contributed by atoms with van der Waals surface area (Å²) >= 11 is 7.51. The molecule has 0 aliphatic carbocycles. The van der Waals surface area contributed by atoms with Crippen molar-refractivity contribution in [3.05, 3.63) is 65.2 Å². The van der Waals surface area contributed by atoms with Gasteiger partial charge >= 0.3 is 0 Å². The fourth-order valence-corrected chi connectivity index (χ4v) is 3.76. The number of benzene rings is 2. The van der Waals surface area contributed by atoms with Gasteiger partial charge in [0.05, 0.1) is 0 Å². The number of rotatable bonds is 9. The van der Waals surface area contributed by atoms with Gasteiger partial charge in [0.2, 0.25) is 11.8 Å². The molecule has 2 amide bonds. The predicted molar refractivity (Wildman–Crippen MR) is 112 cm³/mol. The SMILES string of the molecule is CCC(C(=O)NC)N(Cc1ccccc1)C(=O)CCSc1ccc(Cl)cc1. The van der Waals surface area contributed by atoms with Gasteiger partial charge in [0.15, 0.2) is 0 Å². The maximum atomic E-state index is 12.9. The van der Waals surface area contributed by atoms with Crippen LogP contribution in [0.1, 0.15) is 25.3 Å². The Hall–Kier alpha value is -1.98. The topological polar surface area (TPSA) is 49.4 Å². The van der Waals surface area contributed by atoms with Gasteiger partial charge in [-0.15, -0.1) is 11.8 Å². The molecule has 2 aromatic rings. The zero-order valence-electron chi connectivity index (χ0n) is 15.7. The van der Waals surface area contributed by atoms with E-state index in [0.29, 0.717) is 30.2 Å². The summed E-state index contributed by atoms with van der Waals surface area (Å²) in [7, 11) is 1.60. The normalized spacial score (nSPS) is 11.7. The van der Waals surface area contributed by atoms with E-state index in [0.717, 1.165) is 10.5 Å². The van der Waals surface area contributed by atoms with E-state index in [1.165, 1.54) is 0 Å². The molecule has 0 spiro atoms. The summed E-state index contributed by atoms with van der Waals surface area (Å²) in [4.78, 5) is 28.0. The molecule has 0 bridgehead atoms. The molecule has 2 rings (SSSR count). The van der Waals surface area contributed by atoms with Crippen molar-refractivity contribution in [1.82, 2.24) is 10.2 Å². The number of halogens is 1. The maximum Gasteiger partial charge on any atom is 0.242 e. The number of thioether (sulfide) groups is 1. The van der Waals surface area contributed by atoms with Crippen LogP contribution in [0.3, 0.4) is 0 Å². The van der Waals surface area contributed by atoms with E-state index in [1.54, 1.807) is 23.7 Å². The van der Waals surface area contributed by atoms with E-state index in [9.17, 15) is 9.59 Å². The molecule has 0 aromatic heterocycles. The third-order valence-corrected chi connectivity index (χ3v) is 5.49. The molecule has 0 heterocycles. The first-order valence-electron chi connectivity index (χ1n) is 8.98. The molecule has 6 heteroatoms. The van der Waals surface area contributed by atoms with Crippen LogP contribution >= 0.6 is 23.4 Å². The van der Waals surface area contributed by atoms with Crippen molar-refractivity contribution < 1.29 is 9.59 Å². The van der Waals surface area contributed by atoms with Gasteiger partial charge in [-0.05, 0) is 36.2 Å². The highest BCUT2D eigenvalue weighted by Gasteiger charge is 2.27. The first-order valence-corrected chi connectivity index (χ1v) is 10.3. The number of carbonyl (C=O) groups excluding carboxylic acids is 2. The summed E-state index contributed by atoms with van der Waals surface area (Å²) in [6.45, 7) is 2.35. The van der Waals surface area contributed by atoms with Gasteiger partial charge in [-0.1, -0.05) is 48.9 Å². The number of nitrogens with one attached hydrogen (secondary N) is 1. The second-order valence-electron chi connectivity index (χ2n) is 6.10. The molecular formula is C21H25ClN2O2S. The standard InChI is InChI=1S/C21H25ClN2O2S/c1-3-19(21(26)23-2)24(15-16-7-5-4-6-8-16)20(25)13-14-27-18-11-9-17(22)10-12-18/h4-12,19H,3,13-15H2,1-2H3,(H,23,26). The Morgan fingerprint density at radius 1 is 1.11 bits per heavy atom. The van der Waals surface area contributed by atoms with Crippen molar-refractivity contribution in [2.24, 2.45) is 0 Å². The van der Waals surface area contributed by atoms with Crippen LogP contribution in [0.4, 0.5) is 0 Å². The summed E-state index contributed by atoms with van der Waals surface area (Å²) in [6.07, 6.45) is 0.941. The number of hydrogen-bond acceptors (Lipinski definition) is 3. The molecule has 1 N–H and O–H groups in total. The summed E-state index contributed by atoms with van der Waals surface area (Å²) < 4.78 is 0. The minimum absolute atomic E-state index is 0.0178. The van der Waals surface area contributed by atoms with Crippen LogP contribution < -0.4 is 5.32 Å². The average Bonchev–Trinajstić information content (AvgIpc) is 2.69. The monoisotopic (exact) mass is 404 g/mol. The zero-order valence-corrected chi connectivity index (χ0v) is 17.2. The Morgan fingerprint density at radius 3 is 2.37 bits per heavy atom. The van der Waals surface area contributed by atoms with E-state index in [2.05, 4.69) is 5.32 Å². The first-order chi connectivity index (χ1) is 13.0. The Labute approximate surface area is 170 Å². The molecule has 0 saturated carbocycles. The second kappa shape index (κ2) is 11.0. The molecule has 4 nitrogen and oxygen atoms in total. The van der Waals surface area contributed by atoms with Crippen molar-refractivity contribution in [1.29, 1.82) is 0 Å². The van der Waals surface area contributed by atoms with Crippen LogP contribution in [-0.2, 0) is 16.1 Å². The van der Waals surface area contributed by atoms with Crippen molar-refractivity contribution in [3.8, 4) is 0 Å². The Morgan fingerprint density at radius 2 is 1.78 bits per heavy atom. The lowest BCUT2D eigenvalue weighted by atomic mass is 10.1. The summed E-state index contributed by atoms with van der Waals surface area (Å²) in [5, 5.41) is 3.37. The van der Waals surface area contributed by atoms with Crippen molar-refractivity contribution in [2.75, 3.05) is 12.8 Å². The molecular weight excluding hydrogens is 380 g/mol. The Bertz CT molecular complexity index is 738. The van der Waals surface area contributed by atoms with E-state index >= 15 is 0 Å². The highest BCUT2D eigenvalue weighted by molar-refractivity contribution is 7.99. The van der Waals surface area contributed by atoms with E-state index in [1.807, 2.05) is 61.5 Å². The van der Waals surface area contributed by atoms with Gasteiger partial charge in [-0.2, -0.15) is 0 Å². The third-order valence-electron chi connectivity index (χ3n) is 4.23. The number of likely N-dealkylation sites (N-methyl/N-ethyl adjacent to an activating group) is 1. The van der Waals surface area contributed by atoms with Crippen LogP contribution in [0.5, 0.6) is 0 Å². The minimum Gasteiger partial charge on any atom is -0.357 e. The molecule has 0 saturated heterocycles.